The Morgan fingerprint density at radius 2 is 1.94 bits per heavy atom. The van der Waals surface area contributed by atoms with E-state index >= 15 is 0 Å². The highest BCUT2D eigenvalue weighted by atomic mass is 35.5. The standard InChI is InChI=1S/C18H24N2O3.C6H8ClNOS2/c1-18(2,3)23-17(22)19-10-8-13-6-7-15(11-14(13)12-19)20-9-4-5-16(20)21;7-6-2-1-5(10-6)3-4-11(8)9/h6-7,11H,4-5,8-10,12H2,1-3H3;1-2H,3-4,8H2. The highest BCUT2D eigenvalue weighted by Gasteiger charge is 2.27. The number of aryl methyl sites for hydroxylation is 1. The van der Waals surface area contributed by atoms with Crippen LogP contribution in [0.4, 0.5) is 10.5 Å². The molecule has 1 aromatic heterocycles. The van der Waals surface area contributed by atoms with Gasteiger partial charge < -0.3 is 14.5 Å². The van der Waals surface area contributed by atoms with Crippen molar-refractivity contribution in [3.8, 4) is 0 Å². The number of hydrogen-bond acceptors (Lipinski definition) is 5. The smallest absolute Gasteiger partial charge is 0.410 e. The van der Waals surface area contributed by atoms with Crippen LogP contribution in [-0.4, -0.2) is 45.6 Å². The first-order chi connectivity index (χ1) is 16.0. The molecule has 1 saturated heterocycles. The molecule has 7 nitrogen and oxygen atoms in total. The zero-order chi connectivity index (χ0) is 24.9. The number of carbonyl (C=O) groups excluding carboxylic acids is 2. The molecule has 3 heterocycles. The first kappa shape index (κ1) is 26.7. The second-order valence-electron chi connectivity index (χ2n) is 9.29. The Morgan fingerprint density at radius 1 is 1.18 bits per heavy atom. The normalized spacial score (nSPS) is 16.6. The van der Waals surface area contributed by atoms with Gasteiger partial charge in [-0.15, -0.1) is 11.3 Å². The second kappa shape index (κ2) is 11.7. The first-order valence-electron chi connectivity index (χ1n) is 11.3. The average molecular weight is 526 g/mol. The van der Waals surface area contributed by atoms with Gasteiger partial charge in [-0.2, -0.15) is 0 Å². The Balaban J connectivity index is 0.000000248. The second-order valence-corrected chi connectivity index (χ2v) is 12.3. The fourth-order valence-corrected chi connectivity index (χ4v) is 5.44. The Hall–Kier alpha value is -1.94. The Morgan fingerprint density at radius 3 is 2.53 bits per heavy atom. The Bertz CT molecular complexity index is 1050. The number of nitrogens with zero attached hydrogens (tertiary/aromatic N) is 2. The van der Waals surface area contributed by atoms with Crippen molar-refractivity contribution < 1.29 is 18.5 Å². The summed E-state index contributed by atoms with van der Waals surface area (Å²) in [5, 5.41) is 5.09. The van der Waals surface area contributed by atoms with Crippen molar-refractivity contribution in [2.24, 2.45) is 5.14 Å². The highest BCUT2D eigenvalue weighted by molar-refractivity contribution is 7.82. The van der Waals surface area contributed by atoms with E-state index < -0.39 is 16.6 Å². The van der Waals surface area contributed by atoms with E-state index in [-0.39, 0.29) is 12.0 Å². The van der Waals surface area contributed by atoms with E-state index in [1.54, 1.807) is 4.90 Å². The van der Waals surface area contributed by atoms with E-state index in [0.717, 1.165) is 46.3 Å². The fourth-order valence-electron chi connectivity index (χ4n) is 3.80. The van der Waals surface area contributed by atoms with Gasteiger partial charge in [0.25, 0.3) is 0 Å². The number of halogens is 1. The van der Waals surface area contributed by atoms with Gasteiger partial charge in [-0.3, -0.25) is 9.93 Å². The Kier molecular flexibility index (Phi) is 9.14. The van der Waals surface area contributed by atoms with Crippen LogP contribution in [0.25, 0.3) is 0 Å². The third kappa shape index (κ3) is 7.80. The summed E-state index contributed by atoms with van der Waals surface area (Å²) in [5.41, 5.74) is 2.82. The molecule has 0 saturated carbocycles. The number of thiophene rings is 1. The number of carbonyl (C=O) groups is 2. The molecule has 2 amide bonds. The Labute approximate surface area is 212 Å². The maximum Gasteiger partial charge on any atom is 0.410 e. The molecule has 2 N–H and O–H groups in total. The van der Waals surface area contributed by atoms with Gasteiger partial charge in [0, 0.05) is 42.4 Å². The van der Waals surface area contributed by atoms with Crippen LogP contribution in [-0.2, 0) is 39.9 Å². The molecular weight excluding hydrogens is 494 g/mol. The lowest BCUT2D eigenvalue weighted by atomic mass is 9.99. The maximum absolute atomic E-state index is 12.3. The molecule has 0 bridgehead atoms. The summed E-state index contributed by atoms with van der Waals surface area (Å²) in [4.78, 5) is 28.9. The summed E-state index contributed by atoms with van der Waals surface area (Å²) in [7, 11) is -1.19. The molecule has 1 fully saturated rings. The maximum atomic E-state index is 12.3. The number of rotatable bonds is 4. The summed E-state index contributed by atoms with van der Waals surface area (Å²) in [5.74, 6) is 0.696. The number of nitrogens with two attached hydrogens (primary N) is 1. The van der Waals surface area contributed by atoms with E-state index in [9.17, 15) is 13.8 Å². The molecule has 34 heavy (non-hydrogen) atoms. The largest absolute Gasteiger partial charge is 0.444 e. The van der Waals surface area contributed by atoms with Crippen LogP contribution in [0, 0.1) is 0 Å². The van der Waals surface area contributed by atoms with Crippen molar-refractivity contribution in [2.45, 2.75) is 58.6 Å². The predicted octanol–water partition coefficient (Wildman–Crippen LogP) is 4.67. The predicted molar refractivity (Wildman–Crippen MR) is 139 cm³/mol. The molecule has 4 rings (SSSR count). The first-order valence-corrected chi connectivity index (χ1v) is 13.9. The molecule has 1 aromatic carbocycles. The van der Waals surface area contributed by atoms with Crippen LogP contribution in [0.2, 0.25) is 4.34 Å². The van der Waals surface area contributed by atoms with Crippen LogP contribution >= 0.6 is 22.9 Å². The summed E-state index contributed by atoms with van der Waals surface area (Å²) < 4.78 is 16.7. The summed E-state index contributed by atoms with van der Waals surface area (Å²) in [6, 6.07) is 9.92. The number of ether oxygens (including phenoxy) is 1. The molecule has 0 spiro atoms. The summed E-state index contributed by atoms with van der Waals surface area (Å²) in [6.45, 7) is 7.62. The van der Waals surface area contributed by atoms with Gasteiger partial charge in [-0.25, -0.2) is 9.00 Å². The summed E-state index contributed by atoms with van der Waals surface area (Å²) >= 11 is 7.19. The van der Waals surface area contributed by atoms with Gasteiger partial charge in [-0.05, 0) is 75.4 Å². The van der Waals surface area contributed by atoms with Crippen molar-refractivity contribution in [3.63, 3.8) is 0 Å². The SMILES string of the molecule is CC(C)(C)OC(=O)N1CCc2ccc(N3CCCC3=O)cc2C1.NS(=O)CCc1ccc(Cl)s1. The molecule has 1 atom stereocenters. The van der Waals surface area contributed by atoms with Gasteiger partial charge in [0.1, 0.15) is 5.60 Å². The van der Waals surface area contributed by atoms with E-state index in [4.69, 9.17) is 21.5 Å². The topological polar surface area (TPSA) is 92.9 Å². The number of hydrogen-bond donors (Lipinski definition) is 1. The number of amides is 2. The highest BCUT2D eigenvalue weighted by Crippen LogP contribution is 2.28. The minimum absolute atomic E-state index is 0.185. The van der Waals surface area contributed by atoms with Crippen LogP contribution in [0.3, 0.4) is 0 Å². The zero-order valence-corrected chi connectivity index (χ0v) is 22.2. The summed E-state index contributed by atoms with van der Waals surface area (Å²) in [6.07, 6.45) is 2.84. The average Bonchev–Trinajstić information content (AvgIpc) is 3.38. The lowest BCUT2D eigenvalue weighted by molar-refractivity contribution is -0.117. The van der Waals surface area contributed by atoms with E-state index in [1.807, 2.05) is 43.9 Å². The van der Waals surface area contributed by atoms with Crippen molar-refractivity contribution in [1.82, 2.24) is 4.90 Å². The third-order valence-corrected chi connectivity index (χ3v) is 7.31. The van der Waals surface area contributed by atoms with Crippen LogP contribution in [0.1, 0.15) is 49.6 Å². The molecule has 1 unspecified atom stereocenters. The monoisotopic (exact) mass is 525 g/mol. The zero-order valence-electron chi connectivity index (χ0n) is 19.8. The van der Waals surface area contributed by atoms with Crippen molar-refractivity contribution in [2.75, 3.05) is 23.7 Å². The van der Waals surface area contributed by atoms with Gasteiger partial charge in [0.15, 0.2) is 0 Å². The molecule has 2 aliphatic heterocycles. The molecule has 2 aromatic rings. The lowest BCUT2D eigenvalue weighted by Crippen LogP contribution is -2.40. The quantitative estimate of drug-likeness (QED) is 0.627. The van der Waals surface area contributed by atoms with Gasteiger partial charge in [0.2, 0.25) is 5.91 Å². The number of anilines is 1. The molecule has 10 heteroatoms. The van der Waals surface area contributed by atoms with Crippen molar-refractivity contribution in [1.29, 1.82) is 0 Å². The van der Waals surface area contributed by atoms with Gasteiger partial charge in [-0.1, -0.05) is 17.7 Å². The number of benzene rings is 1. The van der Waals surface area contributed by atoms with Crippen LogP contribution in [0.5, 0.6) is 0 Å². The minimum Gasteiger partial charge on any atom is -0.444 e. The van der Waals surface area contributed by atoms with E-state index in [1.165, 1.54) is 16.9 Å². The van der Waals surface area contributed by atoms with Crippen molar-refractivity contribution in [3.05, 3.63) is 50.7 Å². The number of fused-ring (bicyclic) bond motifs is 1. The van der Waals surface area contributed by atoms with Crippen molar-refractivity contribution >= 4 is 51.6 Å². The third-order valence-electron chi connectivity index (χ3n) is 5.42. The van der Waals surface area contributed by atoms with Gasteiger partial charge >= 0.3 is 6.09 Å². The lowest BCUT2D eigenvalue weighted by Gasteiger charge is -2.31. The molecule has 186 valence electrons. The van der Waals surface area contributed by atoms with Crippen LogP contribution in [0.15, 0.2) is 30.3 Å². The molecular formula is C24H32ClN3O4S2. The molecule has 0 aliphatic carbocycles. The van der Waals surface area contributed by atoms with Crippen LogP contribution < -0.4 is 10.0 Å². The van der Waals surface area contributed by atoms with E-state index in [0.29, 0.717) is 25.3 Å². The molecule has 2 aliphatic rings. The minimum atomic E-state index is -1.19. The van der Waals surface area contributed by atoms with E-state index in [2.05, 4.69) is 12.1 Å². The van der Waals surface area contributed by atoms with Gasteiger partial charge in [0.05, 0.1) is 15.3 Å². The molecule has 0 radical (unpaired) electrons. The fraction of sp³-hybridized carbons (Fsp3) is 0.500.